The van der Waals surface area contributed by atoms with Gasteiger partial charge in [-0.05, 0) is 38.1 Å². The second-order valence-corrected chi connectivity index (χ2v) is 7.31. The topological polar surface area (TPSA) is 68.2 Å². The lowest BCUT2D eigenvalue weighted by Gasteiger charge is -2.39. The summed E-state index contributed by atoms with van der Waals surface area (Å²) in [5.74, 6) is -3.49. The van der Waals surface area contributed by atoms with Gasteiger partial charge in [0.05, 0.1) is 7.11 Å². The minimum Gasteiger partial charge on any atom is -0.497 e. The minimum absolute atomic E-state index is 0.247. The van der Waals surface area contributed by atoms with Crippen molar-refractivity contribution in [2.45, 2.75) is 37.6 Å². The first-order chi connectivity index (χ1) is 14.0. The molecule has 1 aliphatic rings. The number of hydrogen-bond donors (Lipinski definition) is 1. The number of halogens is 3. The van der Waals surface area contributed by atoms with Crippen LogP contribution in [0.15, 0.2) is 54.6 Å². The number of amides is 1. The monoisotopic (exact) mass is 425 g/mol. The molecule has 30 heavy (non-hydrogen) atoms. The van der Waals surface area contributed by atoms with E-state index in [9.17, 15) is 23.1 Å². The summed E-state index contributed by atoms with van der Waals surface area (Å²) in [6, 6.07) is 14.4. The third-order valence-electron chi connectivity index (χ3n) is 5.11. The highest BCUT2D eigenvalue weighted by atomic mass is 19.4. The van der Waals surface area contributed by atoms with Crippen LogP contribution in [0.2, 0.25) is 0 Å². The largest absolute Gasteiger partial charge is 0.497 e. The average Bonchev–Trinajstić information content (AvgIpc) is 2.94. The van der Waals surface area contributed by atoms with E-state index in [-0.39, 0.29) is 5.56 Å². The fraction of sp³-hybridized carbons (Fsp3) is 0.381. The molecular formula is C21H22F3NO5. The van der Waals surface area contributed by atoms with Crippen LogP contribution >= 0.6 is 0 Å². The van der Waals surface area contributed by atoms with E-state index in [2.05, 4.69) is 0 Å². The molecule has 3 rings (SSSR count). The molecule has 2 aromatic carbocycles. The maximum atomic E-state index is 13.8. The van der Waals surface area contributed by atoms with E-state index in [1.54, 1.807) is 30.3 Å². The fourth-order valence-electron chi connectivity index (χ4n) is 3.39. The lowest BCUT2D eigenvalue weighted by molar-refractivity contribution is -0.372. The summed E-state index contributed by atoms with van der Waals surface area (Å²) in [7, 11) is 1.45. The third-order valence-corrected chi connectivity index (χ3v) is 5.11. The molecular weight excluding hydrogens is 403 g/mol. The summed E-state index contributed by atoms with van der Waals surface area (Å²) in [5, 5.41) is 10.5. The Morgan fingerprint density at radius 3 is 2.23 bits per heavy atom. The van der Waals surface area contributed by atoms with Crippen LogP contribution in [0.3, 0.4) is 0 Å². The maximum Gasteiger partial charge on any atom is 0.445 e. The van der Waals surface area contributed by atoms with Crippen molar-refractivity contribution in [3.05, 3.63) is 60.2 Å². The first kappa shape index (κ1) is 21.9. The molecule has 0 aliphatic carbocycles. The molecule has 2 atom stereocenters. The smallest absolute Gasteiger partial charge is 0.445 e. The van der Waals surface area contributed by atoms with Gasteiger partial charge in [-0.2, -0.15) is 13.2 Å². The number of methoxy groups -OCH3 is 1. The summed E-state index contributed by atoms with van der Waals surface area (Å²) >= 11 is 0. The Kier molecular flexibility index (Phi) is 5.70. The van der Waals surface area contributed by atoms with Crippen LogP contribution < -0.4 is 9.47 Å². The van der Waals surface area contributed by atoms with E-state index in [1.807, 2.05) is 0 Å². The molecule has 1 saturated heterocycles. The highest BCUT2D eigenvalue weighted by Gasteiger charge is 2.73. The van der Waals surface area contributed by atoms with Gasteiger partial charge in [0.25, 0.3) is 11.7 Å². The molecule has 2 aromatic rings. The summed E-state index contributed by atoms with van der Waals surface area (Å²) in [4.78, 5) is 13.8. The molecule has 0 spiro atoms. The van der Waals surface area contributed by atoms with Crippen LogP contribution in [0.4, 0.5) is 13.2 Å². The first-order valence-electron chi connectivity index (χ1n) is 9.12. The van der Waals surface area contributed by atoms with Crippen molar-refractivity contribution in [1.82, 2.24) is 4.90 Å². The van der Waals surface area contributed by atoms with Gasteiger partial charge in [0.15, 0.2) is 12.8 Å². The molecule has 0 radical (unpaired) electrons. The Morgan fingerprint density at radius 2 is 1.70 bits per heavy atom. The van der Waals surface area contributed by atoms with Crippen LogP contribution in [0.1, 0.15) is 25.6 Å². The number of rotatable bonds is 5. The van der Waals surface area contributed by atoms with Crippen LogP contribution in [-0.4, -0.2) is 47.1 Å². The number of hydrogen-bond acceptors (Lipinski definition) is 5. The second-order valence-electron chi connectivity index (χ2n) is 7.31. The normalized spacial score (nSPS) is 23.3. The number of ether oxygens (including phenoxy) is 3. The zero-order chi connectivity index (χ0) is 22.2. The van der Waals surface area contributed by atoms with Gasteiger partial charge >= 0.3 is 6.18 Å². The molecule has 6 nitrogen and oxygen atoms in total. The summed E-state index contributed by atoms with van der Waals surface area (Å²) in [5.41, 5.74) is -1.88. The second kappa shape index (κ2) is 7.81. The molecule has 1 heterocycles. The van der Waals surface area contributed by atoms with E-state index in [0.29, 0.717) is 11.5 Å². The zero-order valence-electron chi connectivity index (χ0n) is 16.6. The van der Waals surface area contributed by atoms with Crippen LogP contribution in [0.25, 0.3) is 0 Å². The standard InChI is InChI=1S/C21H22F3NO5/c1-19(2)20(27,21(22,23)24)30-18(14-9-11-15(28-3)12-10-14)25(19)17(26)13-29-16-7-5-4-6-8-16/h4-12,18,27H,13H2,1-3H3. The molecule has 1 amide bonds. The number of alkyl halides is 3. The lowest BCUT2D eigenvalue weighted by atomic mass is 9.91. The zero-order valence-corrected chi connectivity index (χ0v) is 16.6. The van der Waals surface area contributed by atoms with Crippen molar-refractivity contribution in [3.8, 4) is 11.5 Å². The maximum absolute atomic E-state index is 13.8. The Morgan fingerprint density at radius 1 is 1.10 bits per heavy atom. The average molecular weight is 425 g/mol. The molecule has 2 unspecified atom stereocenters. The summed E-state index contributed by atoms with van der Waals surface area (Å²) in [6.07, 6.45) is -6.62. The molecule has 0 saturated carbocycles. The summed E-state index contributed by atoms with van der Waals surface area (Å²) < 4.78 is 56.9. The van der Waals surface area contributed by atoms with E-state index < -0.39 is 36.2 Å². The Balaban J connectivity index is 1.96. The SMILES string of the molecule is COc1ccc(C2OC(O)(C(F)(F)F)C(C)(C)N2C(=O)COc2ccccc2)cc1. The van der Waals surface area contributed by atoms with E-state index in [4.69, 9.17) is 14.2 Å². The number of nitrogens with zero attached hydrogens (tertiary/aromatic N) is 1. The number of benzene rings is 2. The highest BCUT2D eigenvalue weighted by Crippen LogP contribution is 2.53. The third kappa shape index (κ3) is 3.70. The Labute approximate surface area is 171 Å². The van der Waals surface area contributed by atoms with Crippen molar-refractivity contribution >= 4 is 5.91 Å². The van der Waals surface area contributed by atoms with E-state index >= 15 is 0 Å². The van der Waals surface area contributed by atoms with Gasteiger partial charge in [0, 0.05) is 5.56 Å². The molecule has 1 N–H and O–H groups in total. The van der Waals surface area contributed by atoms with E-state index in [0.717, 1.165) is 18.7 Å². The van der Waals surface area contributed by atoms with Crippen LogP contribution in [0.5, 0.6) is 11.5 Å². The highest BCUT2D eigenvalue weighted by molar-refractivity contribution is 5.79. The molecule has 1 fully saturated rings. The first-order valence-corrected chi connectivity index (χ1v) is 9.12. The van der Waals surface area contributed by atoms with Gasteiger partial charge in [-0.25, -0.2) is 0 Å². The van der Waals surface area contributed by atoms with Gasteiger partial charge in [0.2, 0.25) is 0 Å². The van der Waals surface area contributed by atoms with Crippen molar-refractivity contribution in [2.24, 2.45) is 0 Å². The van der Waals surface area contributed by atoms with Gasteiger partial charge in [-0.1, -0.05) is 30.3 Å². The Hall–Kier alpha value is -2.78. The van der Waals surface area contributed by atoms with Gasteiger partial charge in [0.1, 0.15) is 17.0 Å². The molecule has 0 bridgehead atoms. The fourth-order valence-corrected chi connectivity index (χ4v) is 3.39. The Bertz CT molecular complexity index is 886. The molecule has 162 valence electrons. The van der Waals surface area contributed by atoms with Crippen molar-refractivity contribution in [3.63, 3.8) is 0 Å². The van der Waals surface area contributed by atoms with Gasteiger partial charge in [-0.3, -0.25) is 9.69 Å². The molecule has 1 aliphatic heterocycles. The predicted molar refractivity (Wildman–Crippen MR) is 101 cm³/mol. The van der Waals surface area contributed by atoms with Crippen LogP contribution in [0, 0.1) is 0 Å². The minimum atomic E-state index is -5.14. The lowest BCUT2D eigenvalue weighted by Crippen LogP contribution is -2.63. The van der Waals surface area contributed by atoms with E-state index in [1.165, 1.54) is 31.4 Å². The number of aliphatic hydroxyl groups is 1. The number of carbonyl (C=O) groups excluding carboxylic acids is 1. The number of para-hydroxylation sites is 1. The molecule has 0 aromatic heterocycles. The quantitative estimate of drug-likeness (QED) is 0.792. The van der Waals surface area contributed by atoms with Crippen molar-refractivity contribution in [1.29, 1.82) is 0 Å². The van der Waals surface area contributed by atoms with Crippen molar-refractivity contribution < 1.29 is 37.3 Å². The predicted octanol–water partition coefficient (Wildman–Crippen LogP) is 3.66. The summed E-state index contributed by atoms with van der Waals surface area (Å²) in [6.45, 7) is 1.67. The van der Waals surface area contributed by atoms with Gasteiger partial charge in [-0.15, -0.1) is 0 Å². The molecule has 9 heteroatoms. The van der Waals surface area contributed by atoms with Crippen molar-refractivity contribution in [2.75, 3.05) is 13.7 Å². The van der Waals surface area contributed by atoms with Gasteiger partial charge < -0.3 is 19.3 Å². The number of carbonyl (C=O) groups is 1. The van der Waals surface area contributed by atoms with Crippen LogP contribution in [-0.2, 0) is 9.53 Å².